The Morgan fingerprint density at radius 3 is 2.67 bits per heavy atom. The van der Waals surface area contributed by atoms with Crippen molar-refractivity contribution in [2.75, 3.05) is 52.8 Å². The molecule has 0 unspecified atom stereocenters. The molecule has 0 saturated carbocycles. The molecular weight excluding hydrogens is 296 g/mol. The van der Waals surface area contributed by atoms with E-state index in [0.717, 1.165) is 6.42 Å². The Labute approximate surface area is 126 Å². The smallest absolute Gasteiger partial charge is 0.248 e. The molecule has 0 aromatic heterocycles. The summed E-state index contributed by atoms with van der Waals surface area (Å²) in [7, 11) is 0.230. The van der Waals surface area contributed by atoms with Crippen LogP contribution in [0.1, 0.15) is 13.3 Å². The summed E-state index contributed by atoms with van der Waals surface area (Å²) in [5, 5.41) is 0. The third-order valence-electron chi connectivity index (χ3n) is 4.29. The maximum Gasteiger partial charge on any atom is 0.248 e. The van der Waals surface area contributed by atoms with Crippen molar-refractivity contribution < 1.29 is 22.7 Å². The molecule has 0 bridgehead atoms. The van der Waals surface area contributed by atoms with Gasteiger partial charge in [0, 0.05) is 39.7 Å². The van der Waals surface area contributed by atoms with Gasteiger partial charge in [-0.15, -0.1) is 0 Å². The fraction of sp³-hybridized carbons (Fsp3) is 0.923. The van der Waals surface area contributed by atoms with Gasteiger partial charge in [-0.2, -0.15) is 4.31 Å². The third kappa shape index (κ3) is 3.39. The molecule has 122 valence electrons. The van der Waals surface area contributed by atoms with E-state index in [0.29, 0.717) is 26.3 Å². The van der Waals surface area contributed by atoms with E-state index in [1.165, 1.54) is 9.21 Å². The van der Waals surface area contributed by atoms with Gasteiger partial charge in [-0.05, 0) is 13.3 Å². The monoisotopic (exact) mass is 320 g/mol. The van der Waals surface area contributed by atoms with Crippen molar-refractivity contribution in [2.45, 2.75) is 18.9 Å². The molecule has 2 aliphatic rings. The molecule has 2 saturated heterocycles. The van der Waals surface area contributed by atoms with Crippen LogP contribution in [0.25, 0.3) is 0 Å². The Hall–Kier alpha value is -0.700. The summed E-state index contributed by atoms with van der Waals surface area (Å²) in [6.45, 7) is 3.55. The van der Waals surface area contributed by atoms with Gasteiger partial charge in [-0.25, -0.2) is 8.42 Å². The van der Waals surface area contributed by atoms with Gasteiger partial charge in [0.15, 0.2) is 0 Å². The molecule has 0 aromatic carbocycles. The fourth-order valence-electron chi connectivity index (χ4n) is 2.72. The number of likely N-dealkylation sites (N-methyl/N-ethyl adjacent to an activating group) is 1. The predicted octanol–water partition coefficient (Wildman–Crippen LogP) is -0.468. The van der Waals surface area contributed by atoms with Crippen molar-refractivity contribution in [2.24, 2.45) is 5.92 Å². The number of sulfonamides is 1. The first-order chi connectivity index (χ1) is 9.81. The Bertz CT molecular complexity index is 485. The van der Waals surface area contributed by atoms with E-state index in [4.69, 9.17) is 9.47 Å². The predicted molar refractivity (Wildman–Crippen MR) is 77.3 cm³/mol. The lowest BCUT2D eigenvalue weighted by Crippen LogP contribution is -2.66. The Morgan fingerprint density at radius 2 is 2.10 bits per heavy atom. The van der Waals surface area contributed by atoms with Crippen LogP contribution in [-0.2, 0) is 24.3 Å². The van der Waals surface area contributed by atoms with Crippen LogP contribution in [0.2, 0.25) is 0 Å². The zero-order chi connectivity index (χ0) is 15.7. The van der Waals surface area contributed by atoms with Crippen LogP contribution in [0.3, 0.4) is 0 Å². The van der Waals surface area contributed by atoms with Crippen molar-refractivity contribution in [1.29, 1.82) is 0 Å². The average molecular weight is 320 g/mol. The van der Waals surface area contributed by atoms with Crippen LogP contribution in [0, 0.1) is 5.92 Å². The highest BCUT2D eigenvalue weighted by Gasteiger charge is 2.55. The molecular formula is C13H24N2O5S. The molecule has 7 nitrogen and oxygen atoms in total. The number of nitrogens with zero attached hydrogens (tertiary/aromatic N) is 2. The summed E-state index contributed by atoms with van der Waals surface area (Å²) < 4.78 is 36.3. The van der Waals surface area contributed by atoms with Crippen molar-refractivity contribution >= 4 is 15.9 Å². The molecule has 2 aliphatic heterocycles. The highest BCUT2D eigenvalue weighted by atomic mass is 32.2. The van der Waals surface area contributed by atoms with Gasteiger partial charge in [-0.1, -0.05) is 0 Å². The van der Waals surface area contributed by atoms with Crippen molar-refractivity contribution in [3.8, 4) is 0 Å². The Morgan fingerprint density at radius 1 is 1.43 bits per heavy atom. The number of carbonyl (C=O) groups is 1. The number of amides is 1. The van der Waals surface area contributed by atoms with E-state index in [1.54, 1.807) is 21.0 Å². The highest BCUT2D eigenvalue weighted by Crippen LogP contribution is 2.41. The lowest BCUT2D eigenvalue weighted by atomic mass is 9.83. The van der Waals surface area contributed by atoms with Crippen LogP contribution < -0.4 is 0 Å². The van der Waals surface area contributed by atoms with E-state index in [-0.39, 0.29) is 24.2 Å². The first kappa shape index (κ1) is 16.7. The minimum absolute atomic E-state index is 0.0521. The second kappa shape index (κ2) is 6.20. The first-order valence-corrected chi connectivity index (χ1v) is 8.81. The fourth-order valence-corrected chi connectivity index (χ4v) is 3.91. The van der Waals surface area contributed by atoms with E-state index in [1.807, 2.05) is 0 Å². The van der Waals surface area contributed by atoms with Gasteiger partial charge in [0.1, 0.15) is 12.2 Å². The molecule has 0 aromatic rings. The van der Waals surface area contributed by atoms with E-state index < -0.39 is 15.6 Å². The minimum Gasteiger partial charge on any atom is -0.372 e. The van der Waals surface area contributed by atoms with Gasteiger partial charge in [0.05, 0.1) is 12.4 Å². The third-order valence-corrected chi connectivity index (χ3v) is 6.06. The normalized spacial score (nSPS) is 25.0. The summed E-state index contributed by atoms with van der Waals surface area (Å²) in [6, 6.07) is 0. The Balaban J connectivity index is 1.84. The lowest BCUT2D eigenvalue weighted by Gasteiger charge is -2.49. The van der Waals surface area contributed by atoms with Crippen LogP contribution in [0.15, 0.2) is 0 Å². The van der Waals surface area contributed by atoms with Gasteiger partial charge < -0.3 is 14.4 Å². The summed E-state index contributed by atoms with van der Waals surface area (Å²) in [5.41, 5.74) is -0.413. The first-order valence-electron chi connectivity index (χ1n) is 7.20. The van der Waals surface area contributed by atoms with Gasteiger partial charge in [0.25, 0.3) is 0 Å². The molecule has 2 fully saturated rings. The maximum atomic E-state index is 11.8. The molecule has 0 aliphatic carbocycles. The van der Waals surface area contributed by atoms with E-state index >= 15 is 0 Å². The number of ether oxygens (including phenoxy) is 2. The van der Waals surface area contributed by atoms with Crippen LogP contribution in [0.5, 0.6) is 0 Å². The number of rotatable bonds is 6. The number of hydrogen-bond acceptors (Lipinski definition) is 5. The quantitative estimate of drug-likeness (QED) is 0.661. The van der Waals surface area contributed by atoms with Crippen molar-refractivity contribution in [3.05, 3.63) is 0 Å². The molecule has 8 heteroatoms. The van der Waals surface area contributed by atoms with Gasteiger partial charge in [0.2, 0.25) is 15.9 Å². The molecule has 2 rings (SSSR count). The second-order valence-corrected chi connectivity index (χ2v) is 8.13. The van der Waals surface area contributed by atoms with Crippen LogP contribution in [-0.4, -0.2) is 81.9 Å². The summed E-state index contributed by atoms with van der Waals surface area (Å²) >= 11 is 0. The zero-order valence-electron chi connectivity index (χ0n) is 12.9. The standard InChI is InChI=1S/C13H24N2O5S/c1-4-21(17,18)15-9-13(10-15)11(5-6-20-13)7-19-8-12(16)14(2)3/h11H,4-10H2,1-3H3/t11-/m0/s1. The van der Waals surface area contributed by atoms with E-state index in [2.05, 4.69) is 0 Å². The van der Waals surface area contributed by atoms with E-state index in [9.17, 15) is 13.2 Å². The molecule has 2 heterocycles. The summed E-state index contributed by atoms with van der Waals surface area (Å²) in [5.74, 6) is 0.184. The van der Waals surface area contributed by atoms with Gasteiger partial charge in [-0.3, -0.25) is 4.79 Å². The zero-order valence-corrected chi connectivity index (χ0v) is 13.7. The highest BCUT2D eigenvalue weighted by molar-refractivity contribution is 7.89. The SMILES string of the molecule is CCS(=O)(=O)N1CC2(C1)OCC[C@H]2COCC(=O)N(C)C. The molecule has 21 heavy (non-hydrogen) atoms. The number of carbonyl (C=O) groups excluding carboxylic acids is 1. The molecule has 1 amide bonds. The van der Waals surface area contributed by atoms with Crippen LogP contribution >= 0.6 is 0 Å². The minimum atomic E-state index is -3.14. The van der Waals surface area contributed by atoms with Gasteiger partial charge >= 0.3 is 0 Å². The van der Waals surface area contributed by atoms with Crippen molar-refractivity contribution in [1.82, 2.24) is 9.21 Å². The molecule has 1 spiro atoms. The lowest BCUT2D eigenvalue weighted by molar-refractivity contribution is -0.138. The maximum absolute atomic E-state index is 11.8. The Kier molecular flexibility index (Phi) is 4.92. The summed E-state index contributed by atoms with van der Waals surface area (Å²) in [4.78, 5) is 13.0. The topological polar surface area (TPSA) is 76.1 Å². The second-order valence-electron chi connectivity index (χ2n) is 5.87. The average Bonchev–Trinajstić information content (AvgIpc) is 2.80. The molecule has 1 atom stereocenters. The number of hydrogen-bond donors (Lipinski definition) is 0. The molecule has 0 N–H and O–H groups in total. The summed E-state index contributed by atoms with van der Waals surface area (Å²) in [6.07, 6.45) is 0.843. The van der Waals surface area contributed by atoms with Crippen molar-refractivity contribution in [3.63, 3.8) is 0 Å². The van der Waals surface area contributed by atoms with Crippen LogP contribution in [0.4, 0.5) is 0 Å². The molecule has 0 radical (unpaired) electrons. The largest absolute Gasteiger partial charge is 0.372 e.